The predicted octanol–water partition coefficient (Wildman–Crippen LogP) is 2.78. The maximum atomic E-state index is 10.8. The molecule has 0 spiro atoms. The van der Waals surface area contributed by atoms with Crippen LogP contribution < -0.4 is 0 Å². The van der Waals surface area contributed by atoms with Crippen LogP contribution in [0.4, 0.5) is 5.69 Å². The monoisotopic (exact) mass is 277 g/mol. The average molecular weight is 278 g/mol. The number of nitro benzene ring substituents is 1. The fourth-order valence-electron chi connectivity index (χ4n) is 1.48. The highest BCUT2D eigenvalue weighted by molar-refractivity contribution is 9.10. The number of benzene rings is 1. The predicted molar refractivity (Wildman–Crippen MR) is 60.8 cm³/mol. The molecular formula is C10H4BrN3O2. The van der Waals surface area contributed by atoms with Crippen molar-refractivity contribution in [1.29, 1.82) is 5.26 Å². The highest BCUT2D eigenvalue weighted by Gasteiger charge is 2.17. The van der Waals surface area contributed by atoms with Gasteiger partial charge in [-0.2, -0.15) is 5.26 Å². The Labute approximate surface area is 98.6 Å². The SMILES string of the molecule is N#Cc1nccc2c(Br)ccc([N+](=O)[O-])c12. The van der Waals surface area contributed by atoms with Crippen molar-refractivity contribution < 1.29 is 4.92 Å². The number of nitriles is 1. The third-order valence-corrected chi connectivity index (χ3v) is 2.85. The molecule has 0 radical (unpaired) electrons. The number of fused-ring (bicyclic) bond motifs is 1. The minimum atomic E-state index is -0.517. The van der Waals surface area contributed by atoms with Gasteiger partial charge in [-0.1, -0.05) is 15.9 Å². The van der Waals surface area contributed by atoms with Crippen molar-refractivity contribution in [3.63, 3.8) is 0 Å². The molecule has 0 saturated carbocycles. The van der Waals surface area contributed by atoms with E-state index in [-0.39, 0.29) is 16.8 Å². The summed E-state index contributed by atoms with van der Waals surface area (Å²) in [5.74, 6) is 0. The summed E-state index contributed by atoms with van der Waals surface area (Å²) in [4.78, 5) is 14.2. The van der Waals surface area contributed by atoms with Crippen molar-refractivity contribution in [2.24, 2.45) is 0 Å². The van der Waals surface area contributed by atoms with Gasteiger partial charge in [-0.25, -0.2) is 4.98 Å². The standard InChI is InChI=1S/C10H4BrN3O2/c11-7-1-2-9(14(15)16)10-6(7)3-4-13-8(10)5-12/h1-4H. The van der Waals surface area contributed by atoms with Gasteiger partial charge in [0.1, 0.15) is 6.07 Å². The lowest BCUT2D eigenvalue weighted by molar-refractivity contribution is -0.383. The zero-order chi connectivity index (χ0) is 11.7. The normalized spacial score (nSPS) is 10.0. The van der Waals surface area contributed by atoms with E-state index in [1.165, 1.54) is 12.3 Å². The van der Waals surface area contributed by atoms with Crippen molar-refractivity contribution in [2.75, 3.05) is 0 Å². The van der Waals surface area contributed by atoms with Crippen LogP contribution in [-0.4, -0.2) is 9.91 Å². The van der Waals surface area contributed by atoms with Crippen molar-refractivity contribution >= 4 is 32.4 Å². The Balaban J connectivity index is 3.01. The van der Waals surface area contributed by atoms with Gasteiger partial charge >= 0.3 is 0 Å². The molecule has 1 heterocycles. The number of pyridine rings is 1. The Morgan fingerprint density at radius 3 is 2.81 bits per heavy atom. The maximum Gasteiger partial charge on any atom is 0.280 e. The smallest absolute Gasteiger partial charge is 0.258 e. The summed E-state index contributed by atoms with van der Waals surface area (Å²) >= 11 is 3.28. The van der Waals surface area contributed by atoms with E-state index in [1.807, 2.05) is 6.07 Å². The van der Waals surface area contributed by atoms with Crippen LogP contribution in [0.15, 0.2) is 28.9 Å². The molecule has 0 aliphatic heterocycles. The van der Waals surface area contributed by atoms with E-state index in [9.17, 15) is 10.1 Å². The minimum absolute atomic E-state index is 0.0606. The number of rotatable bonds is 1. The number of aromatic nitrogens is 1. The highest BCUT2D eigenvalue weighted by Crippen LogP contribution is 2.32. The Morgan fingerprint density at radius 1 is 1.44 bits per heavy atom. The van der Waals surface area contributed by atoms with Crippen LogP contribution in [0.3, 0.4) is 0 Å². The molecule has 0 amide bonds. The Kier molecular flexibility index (Phi) is 2.54. The molecule has 1 aromatic heterocycles. The van der Waals surface area contributed by atoms with Gasteiger partial charge in [0.25, 0.3) is 5.69 Å². The van der Waals surface area contributed by atoms with Crippen molar-refractivity contribution in [1.82, 2.24) is 4.98 Å². The lowest BCUT2D eigenvalue weighted by Crippen LogP contribution is -1.94. The van der Waals surface area contributed by atoms with Crippen LogP contribution in [0.1, 0.15) is 5.69 Å². The first-order chi connectivity index (χ1) is 7.65. The number of nitrogens with zero attached hydrogens (tertiary/aromatic N) is 3. The first-order valence-electron chi connectivity index (χ1n) is 4.27. The second-order valence-electron chi connectivity index (χ2n) is 3.02. The summed E-state index contributed by atoms with van der Waals surface area (Å²) in [7, 11) is 0. The number of halogens is 1. The van der Waals surface area contributed by atoms with E-state index in [2.05, 4.69) is 20.9 Å². The first kappa shape index (κ1) is 10.5. The zero-order valence-corrected chi connectivity index (χ0v) is 9.43. The molecule has 0 fully saturated rings. The molecule has 5 nitrogen and oxygen atoms in total. The molecule has 2 rings (SSSR count). The van der Waals surface area contributed by atoms with Crippen molar-refractivity contribution in [3.05, 3.63) is 44.7 Å². The minimum Gasteiger partial charge on any atom is -0.258 e. The van der Waals surface area contributed by atoms with Gasteiger partial charge in [0.05, 0.1) is 10.3 Å². The van der Waals surface area contributed by atoms with Crippen LogP contribution in [0, 0.1) is 21.4 Å². The lowest BCUT2D eigenvalue weighted by atomic mass is 10.1. The van der Waals surface area contributed by atoms with E-state index in [1.54, 1.807) is 12.1 Å². The molecule has 0 saturated heterocycles. The summed E-state index contributed by atoms with van der Waals surface area (Å²) in [5, 5.41) is 20.6. The van der Waals surface area contributed by atoms with E-state index in [0.717, 1.165) is 0 Å². The first-order valence-corrected chi connectivity index (χ1v) is 5.06. The van der Waals surface area contributed by atoms with Crippen LogP contribution in [0.5, 0.6) is 0 Å². The molecule has 0 aliphatic rings. The lowest BCUT2D eigenvalue weighted by Gasteiger charge is -2.02. The molecule has 0 atom stereocenters. The van der Waals surface area contributed by atoms with E-state index >= 15 is 0 Å². The number of hydrogen-bond donors (Lipinski definition) is 0. The molecule has 0 aliphatic carbocycles. The molecule has 0 unspecified atom stereocenters. The second-order valence-corrected chi connectivity index (χ2v) is 3.87. The van der Waals surface area contributed by atoms with Gasteiger partial charge in [0.2, 0.25) is 0 Å². The number of nitro groups is 1. The van der Waals surface area contributed by atoms with E-state index in [4.69, 9.17) is 5.26 Å². The Morgan fingerprint density at radius 2 is 2.19 bits per heavy atom. The largest absolute Gasteiger partial charge is 0.280 e. The summed E-state index contributed by atoms with van der Waals surface area (Å²) < 4.78 is 0.701. The van der Waals surface area contributed by atoms with Crippen LogP contribution in [-0.2, 0) is 0 Å². The fourth-order valence-corrected chi connectivity index (χ4v) is 1.94. The fraction of sp³-hybridized carbons (Fsp3) is 0. The van der Waals surface area contributed by atoms with Crippen molar-refractivity contribution in [3.8, 4) is 6.07 Å². The molecule has 2 aromatic rings. The molecule has 78 valence electrons. The molecular weight excluding hydrogens is 274 g/mol. The van der Waals surface area contributed by atoms with E-state index in [0.29, 0.717) is 9.86 Å². The van der Waals surface area contributed by atoms with Crippen LogP contribution >= 0.6 is 15.9 Å². The molecule has 16 heavy (non-hydrogen) atoms. The van der Waals surface area contributed by atoms with Gasteiger partial charge in [-0.3, -0.25) is 10.1 Å². The van der Waals surface area contributed by atoms with Gasteiger partial charge in [-0.05, 0) is 12.1 Å². The topological polar surface area (TPSA) is 79.8 Å². The molecule has 1 aromatic carbocycles. The molecule has 0 N–H and O–H groups in total. The summed E-state index contributed by atoms with van der Waals surface area (Å²) in [6.45, 7) is 0. The average Bonchev–Trinajstić information content (AvgIpc) is 2.28. The third-order valence-electron chi connectivity index (χ3n) is 2.15. The van der Waals surface area contributed by atoms with E-state index < -0.39 is 4.92 Å². The number of hydrogen-bond acceptors (Lipinski definition) is 4. The molecule has 0 bridgehead atoms. The van der Waals surface area contributed by atoms with Gasteiger partial charge < -0.3 is 0 Å². The summed E-state index contributed by atoms with van der Waals surface area (Å²) in [6, 6.07) is 6.43. The Bertz CT molecular complexity index is 634. The summed E-state index contributed by atoms with van der Waals surface area (Å²) in [5.41, 5.74) is -0.0478. The number of non-ortho nitro benzene ring substituents is 1. The van der Waals surface area contributed by atoms with Gasteiger partial charge in [0.15, 0.2) is 5.69 Å². The maximum absolute atomic E-state index is 10.8. The van der Waals surface area contributed by atoms with Gasteiger partial charge in [0, 0.05) is 22.1 Å². The van der Waals surface area contributed by atoms with Gasteiger partial charge in [-0.15, -0.1) is 0 Å². The second kappa shape index (κ2) is 3.87. The quantitative estimate of drug-likeness (QED) is 0.593. The van der Waals surface area contributed by atoms with Crippen LogP contribution in [0.25, 0.3) is 10.8 Å². The van der Waals surface area contributed by atoms with Crippen LogP contribution in [0.2, 0.25) is 0 Å². The molecule has 6 heteroatoms. The van der Waals surface area contributed by atoms with Crippen molar-refractivity contribution in [2.45, 2.75) is 0 Å². The third kappa shape index (κ3) is 1.51. The highest BCUT2D eigenvalue weighted by atomic mass is 79.9. The zero-order valence-electron chi connectivity index (χ0n) is 7.85. The Hall–Kier alpha value is -2.00. The summed E-state index contributed by atoms with van der Waals surface area (Å²) in [6.07, 6.45) is 1.45.